The maximum Gasteiger partial charge on any atom is -0.00735 e. The number of hydrogen-bond acceptors (Lipinski definition) is 0. The standard InChI is InChI=1S/6C16H14.6C2H6/c1-11-6-5-7-13-10-12(2)14-8-3-4-9-15(14)16(11)13;1-11-6-5-9-15-14-8-4-3-7-13(14)12(2)10-16(11)15;1-11-6-5-9-14-12(2)10-13-7-3-4-8-15(13)16(11)14;1-11-6-5-9-15-14-8-4-3-7-13(14)10-12(2)16(11)15;1-11-7-8-14-12(2)10-13-5-3-4-6-15(13)16(14)9-11;1-11-7-8-15-14-6-4-3-5-13(14)10-12(2)16(15)9-11;6*1-2/h6*3-10H,1-2H3;6*1-2H3. The molecule has 0 amide bonds. The predicted octanol–water partition coefficient (Wildman–Crippen LogP) is 33.8. The highest BCUT2D eigenvalue weighted by atomic mass is 14.1. The zero-order valence-corrected chi connectivity index (χ0v) is 69.7. The lowest BCUT2D eigenvalue weighted by Crippen LogP contribution is -1.85. The third-order valence-electron chi connectivity index (χ3n) is 19.7. The Kier molecular flexibility index (Phi) is 32.2. The van der Waals surface area contributed by atoms with Crippen LogP contribution in [0, 0.1) is 83.1 Å². The molecule has 18 aromatic rings. The number of rotatable bonds is 0. The molecule has 0 aliphatic carbocycles. The smallest absolute Gasteiger partial charge is 0.00735 e. The van der Waals surface area contributed by atoms with E-state index < -0.39 is 0 Å². The highest BCUT2D eigenvalue weighted by Crippen LogP contribution is 2.36. The van der Waals surface area contributed by atoms with E-state index in [1.54, 1.807) is 0 Å². The van der Waals surface area contributed by atoms with E-state index in [1.165, 1.54) is 196 Å². The molecule has 0 heteroatoms. The molecule has 0 saturated heterocycles. The summed E-state index contributed by atoms with van der Waals surface area (Å²) < 4.78 is 0. The fourth-order valence-electron chi connectivity index (χ4n) is 14.9. The lowest BCUT2D eigenvalue weighted by Gasteiger charge is -2.09. The molecule has 0 unspecified atom stereocenters. The van der Waals surface area contributed by atoms with Crippen molar-refractivity contribution in [2.75, 3.05) is 0 Å². The van der Waals surface area contributed by atoms with Crippen LogP contribution in [0.3, 0.4) is 0 Å². The quantitative estimate of drug-likeness (QED) is 0.133. The van der Waals surface area contributed by atoms with Gasteiger partial charge in [-0.2, -0.15) is 0 Å². The summed E-state index contributed by atoms with van der Waals surface area (Å²) in [5.41, 5.74) is 16.2. The molecule has 0 saturated carbocycles. The van der Waals surface area contributed by atoms with Gasteiger partial charge < -0.3 is 0 Å². The van der Waals surface area contributed by atoms with Gasteiger partial charge in [0.25, 0.3) is 0 Å². The number of aryl methyl sites for hydroxylation is 12. The van der Waals surface area contributed by atoms with Crippen molar-refractivity contribution in [1.29, 1.82) is 0 Å². The van der Waals surface area contributed by atoms with Crippen LogP contribution in [0.2, 0.25) is 0 Å². The minimum atomic E-state index is 1.32. The Morgan fingerprint density at radius 3 is 0.907 bits per heavy atom. The van der Waals surface area contributed by atoms with E-state index in [2.05, 4.69) is 374 Å². The Balaban J connectivity index is 0.000000175. The van der Waals surface area contributed by atoms with Crippen LogP contribution in [0.1, 0.15) is 150 Å². The molecule has 108 heavy (non-hydrogen) atoms. The molecule has 0 atom stereocenters. The molecule has 0 aliphatic rings. The van der Waals surface area contributed by atoms with Crippen molar-refractivity contribution in [3.63, 3.8) is 0 Å². The molecule has 0 heterocycles. The van der Waals surface area contributed by atoms with Crippen molar-refractivity contribution in [1.82, 2.24) is 0 Å². The van der Waals surface area contributed by atoms with Crippen molar-refractivity contribution in [2.24, 2.45) is 0 Å². The van der Waals surface area contributed by atoms with Gasteiger partial charge in [0.15, 0.2) is 0 Å². The van der Waals surface area contributed by atoms with E-state index >= 15 is 0 Å². The second-order valence-electron chi connectivity index (χ2n) is 26.6. The average molecular weight is 1420 g/mol. The van der Waals surface area contributed by atoms with Crippen LogP contribution in [0.5, 0.6) is 0 Å². The number of benzene rings is 18. The molecular formula is C108H120. The third kappa shape index (κ3) is 19.3. The predicted molar refractivity (Wildman–Crippen MR) is 494 cm³/mol. The van der Waals surface area contributed by atoms with Gasteiger partial charge in [0, 0.05) is 0 Å². The highest BCUT2D eigenvalue weighted by molar-refractivity contribution is 6.14. The van der Waals surface area contributed by atoms with Gasteiger partial charge in [-0.1, -0.05) is 385 Å². The average Bonchev–Trinajstić information content (AvgIpc) is 0.813. The van der Waals surface area contributed by atoms with Gasteiger partial charge in [0.2, 0.25) is 0 Å². The fourth-order valence-corrected chi connectivity index (χ4v) is 14.9. The van der Waals surface area contributed by atoms with E-state index in [4.69, 9.17) is 0 Å². The third-order valence-corrected chi connectivity index (χ3v) is 19.7. The van der Waals surface area contributed by atoms with Crippen LogP contribution in [-0.4, -0.2) is 0 Å². The largest absolute Gasteiger partial charge is 0.0683 e. The van der Waals surface area contributed by atoms with E-state index in [1.807, 2.05) is 83.1 Å². The van der Waals surface area contributed by atoms with E-state index in [0.29, 0.717) is 0 Å². The molecule has 18 aromatic carbocycles. The maximum absolute atomic E-state index is 2.30. The molecule has 552 valence electrons. The minimum Gasteiger partial charge on any atom is -0.0683 e. The van der Waals surface area contributed by atoms with E-state index in [9.17, 15) is 0 Å². The summed E-state index contributed by atoms with van der Waals surface area (Å²) >= 11 is 0. The van der Waals surface area contributed by atoms with Crippen molar-refractivity contribution >= 4 is 129 Å². The van der Waals surface area contributed by atoms with Crippen molar-refractivity contribution in [3.8, 4) is 0 Å². The van der Waals surface area contributed by atoms with Gasteiger partial charge in [-0.15, -0.1) is 0 Å². The zero-order chi connectivity index (χ0) is 78.7. The Hall–Kier alpha value is -10.9. The van der Waals surface area contributed by atoms with Gasteiger partial charge in [-0.3, -0.25) is 0 Å². The van der Waals surface area contributed by atoms with Crippen LogP contribution in [0.4, 0.5) is 0 Å². The molecule has 0 N–H and O–H groups in total. The van der Waals surface area contributed by atoms with Gasteiger partial charge in [0.05, 0.1) is 0 Å². The fraction of sp³-hybridized carbons (Fsp3) is 0.222. The van der Waals surface area contributed by atoms with Crippen molar-refractivity contribution < 1.29 is 0 Å². The van der Waals surface area contributed by atoms with Gasteiger partial charge in [0.1, 0.15) is 0 Å². The van der Waals surface area contributed by atoms with Crippen LogP contribution in [0.25, 0.3) is 129 Å². The summed E-state index contributed by atoms with van der Waals surface area (Å²) in [5.74, 6) is 0. The molecule has 0 spiro atoms. The molecule has 0 bridgehead atoms. The lowest BCUT2D eigenvalue weighted by molar-refractivity contribution is 1.48. The maximum atomic E-state index is 2.30. The molecule has 18 rings (SSSR count). The first-order valence-corrected chi connectivity index (χ1v) is 39.9. The number of fused-ring (bicyclic) bond motifs is 18. The van der Waals surface area contributed by atoms with Crippen LogP contribution in [0.15, 0.2) is 291 Å². The molecule has 0 radical (unpaired) electrons. The topological polar surface area (TPSA) is 0 Å². The first kappa shape index (κ1) is 84.3. The summed E-state index contributed by atoms with van der Waals surface area (Å²) in [6.45, 7) is 50.2. The second-order valence-corrected chi connectivity index (χ2v) is 26.6. The van der Waals surface area contributed by atoms with Crippen LogP contribution < -0.4 is 0 Å². The van der Waals surface area contributed by atoms with Gasteiger partial charge in [-0.25, -0.2) is 0 Å². The molecule has 0 nitrogen and oxygen atoms in total. The Bertz CT molecular complexity index is 5900. The van der Waals surface area contributed by atoms with Gasteiger partial charge >= 0.3 is 0 Å². The van der Waals surface area contributed by atoms with Gasteiger partial charge in [-0.05, 0) is 268 Å². The molecule has 0 aromatic heterocycles. The van der Waals surface area contributed by atoms with E-state index in [-0.39, 0.29) is 0 Å². The first-order valence-electron chi connectivity index (χ1n) is 39.9. The molecule has 0 aliphatic heterocycles. The summed E-state index contributed by atoms with van der Waals surface area (Å²) in [6, 6.07) is 105. The first-order chi connectivity index (χ1) is 52.6. The zero-order valence-electron chi connectivity index (χ0n) is 69.7. The Labute approximate surface area is 649 Å². The highest BCUT2D eigenvalue weighted by Gasteiger charge is 2.11. The van der Waals surface area contributed by atoms with Crippen molar-refractivity contribution in [3.05, 3.63) is 358 Å². The normalized spacial score (nSPS) is 10.2. The second kappa shape index (κ2) is 41.3. The summed E-state index contributed by atoms with van der Waals surface area (Å²) in [6.07, 6.45) is 0. The Morgan fingerprint density at radius 2 is 0.380 bits per heavy atom. The van der Waals surface area contributed by atoms with Crippen LogP contribution in [-0.2, 0) is 0 Å². The Morgan fingerprint density at radius 1 is 0.120 bits per heavy atom. The van der Waals surface area contributed by atoms with Crippen molar-refractivity contribution in [2.45, 2.75) is 166 Å². The SMILES string of the molecule is CC.CC.CC.CC.CC.CC.Cc1cc2c(C)cccc2c2ccccc12.Cc1cc2cccc(C)c2c2ccccc12.Cc1cc2ccccc2c2c(C)cccc12.Cc1ccc2c(C)cc3ccccc3c2c1.Cc1ccc2c(c1)c(C)cc1ccccc12.Cc1cccc2c1c(C)cc1ccccc12. The van der Waals surface area contributed by atoms with Crippen LogP contribution >= 0.6 is 0 Å². The lowest BCUT2D eigenvalue weighted by atomic mass is 9.95. The monoisotopic (exact) mass is 1420 g/mol. The van der Waals surface area contributed by atoms with E-state index in [0.717, 1.165) is 0 Å². The number of hydrogen-bond donors (Lipinski definition) is 0. The molecular weight excluding hydrogens is 1300 g/mol. The summed E-state index contributed by atoms with van der Waals surface area (Å²) in [7, 11) is 0. The minimum absolute atomic E-state index is 1.32. The molecule has 0 fully saturated rings. The summed E-state index contributed by atoms with van der Waals surface area (Å²) in [5, 5.41) is 32.7. The summed E-state index contributed by atoms with van der Waals surface area (Å²) in [4.78, 5) is 0.